The molecule has 4 heterocycles. The van der Waals surface area contributed by atoms with Gasteiger partial charge in [-0.3, -0.25) is 9.89 Å². The van der Waals surface area contributed by atoms with Gasteiger partial charge in [0, 0.05) is 11.3 Å². The molecule has 2 aliphatic rings. The standard InChI is InChI=1S/C13H15BrN4OS/c1-7-11-10(13(20-7)2-4-15-5-3-13)12(19)18-9(16-11)6-8(14)17-18/h6-7,15,17H,2-5H2,1H3. The van der Waals surface area contributed by atoms with Crippen molar-refractivity contribution in [2.24, 2.45) is 0 Å². The third-order valence-corrected chi connectivity index (χ3v) is 6.31. The third kappa shape index (κ3) is 1.66. The molecule has 0 amide bonds. The van der Waals surface area contributed by atoms with Gasteiger partial charge in [0.25, 0.3) is 5.56 Å². The van der Waals surface area contributed by atoms with Crippen molar-refractivity contribution in [3.63, 3.8) is 0 Å². The molecule has 1 atom stereocenters. The quantitative estimate of drug-likeness (QED) is 0.760. The first kappa shape index (κ1) is 12.9. The molecule has 20 heavy (non-hydrogen) atoms. The van der Waals surface area contributed by atoms with Crippen molar-refractivity contribution in [3.05, 3.63) is 32.3 Å². The normalized spacial score (nSPS) is 24.4. The minimum absolute atomic E-state index is 0.0527. The van der Waals surface area contributed by atoms with Gasteiger partial charge in [0.1, 0.15) is 4.60 Å². The summed E-state index contributed by atoms with van der Waals surface area (Å²) in [5, 5.41) is 6.70. The van der Waals surface area contributed by atoms with Gasteiger partial charge >= 0.3 is 0 Å². The monoisotopic (exact) mass is 354 g/mol. The number of H-pyrrole nitrogens is 1. The number of thioether (sulfide) groups is 1. The van der Waals surface area contributed by atoms with Crippen LogP contribution < -0.4 is 10.9 Å². The number of aromatic nitrogens is 3. The molecule has 5 nitrogen and oxygen atoms in total. The van der Waals surface area contributed by atoms with Gasteiger partial charge in [-0.25, -0.2) is 9.50 Å². The molecule has 2 aromatic rings. The first-order valence-corrected chi connectivity index (χ1v) is 8.48. The molecule has 0 bridgehead atoms. The summed E-state index contributed by atoms with van der Waals surface area (Å²) in [5.74, 6) is 0. The lowest BCUT2D eigenvalue weighted by atomic mass is 9.88. The van der Waals surface area contributed by atoms with E-state index in [2.05, 4.69) is 33.3 Å². The van der Waals surface area contributed by atoms with Crippen LogP contribution in [-0.2, 0) is 4.75 Å². The van der Waals surface area contributed by atoms with Crippen LogP contribution in [0.5, 0.6) is 0 Å². The maximum Gasteiger partial charge on any atom is 0.277 e. The number of hydrogen-bond donors (Lipinski definition) is 2. The van der Waals surface area contributed by atoms with Gasteiger partial charge in [-0.2, -0.15) is 0 Å². The van der Waals surface area contributed by atoms with Gasteiger partial charge in [-0.15, -0.1) is 11.8 Å². The average Bonchev–Trinajstić information content (AvgIpc) is 2.91. The fraction of sp³-hybridized carbons (Fsp3) is 0.538. The Bertz CT molecular complexity index is 747. The van der Waals surface area contributed by atoms with E-state index in [4.69, 9.17) is 4.98 Å². The molecule has 1 saturated heterocycles. The minimum Gasteiger partial charge on any atom is -0.317 e. The van der Waals surface area contributed by atoms with Crippen LogP contribution in [-0.4, -0.2) is 27.7 Å². The molecular formula is C13H15BrN4OS. The molecule has 2 N–H and O–H groups in total. The summed E-state index contributed by atoms with van der Waals surface area (Å²) in [6.07, 6.45) is 2.00. The van der Waals surface area contributed by atoms with Gasteiger partial charge < -0.3 is 5.32 Å². The van der Waals surface area contributed by atoms with Crippen molar-refractivity contribution in [2.75, 3.05) is 13.1 Å². The molecule has 1 spiro atoms. The fourth-order valence-electron chi connectivity index (χ4n) is 3.39. The van der Waals surface area contributed by atoms with Crippen LogP contribution in [0.1, 0.15) is 36.3 Å². The molecule has 0 radical (unpaired) electrons. The molecule has 1 fully saturated rings. The minimum atomic E-state index is -0.0527. The van der Waals surface area contributed by atoms with Crippen LogP contribution in [0.2, 0.25) is 0 Å². The lowest BCUT2D eigenvalue weighted by molar-refractivity contribution is 0.423. The van der Waals surface area contributed by atoms with Gasteiger partial charge in [-0.05, 0) is 48.8 Å². The van der Waals surface area contributed by atoms with E-state index in [0.717, 1.165) is 41.8 Å². The van der Waals surface area contributed by atoms with E-state index in [9.17, 15) is 4.79 Å². The van der Waals surface area contributed by atoms with Crippen LogP contribution >= 0.6 is 27.7 Å². The fourth-order valence-corrected chi connectivity index (χ4v) is 5.48. The molecule has 2 aliphatic heterocycles. The van der Waals surface area contributed by atoms with Gasteiger partial charge in [0.2, 0.25) is 0 Å². The highest BCUT2D eigenvalue weighted by Gasteiger charge is 2.47. The molecule has 2 aromatic heterocycles. The van der Waals surface area contributed by atoms with Crippen LogP contribution in [0.4, 0.5) is 0 Å². The largest absolute Gasteiger partial charge is 0.317 e. The lowest BCUT2D eigenvalue weighted by Gasteiger charge is -2.33. The Morgan fingerprint density at radius 1 is 1.50 bits per heavy atom. The number of hydrogen-bond acceptors (Lipinski definition) is 4. The van der Waals surface area contributed by atoms with Crippen LogP contribution in [0.15, 0.2) is 15.5 Å². The summed E-state index contributed by atoms with van der Waals surface area (Å²) in [6, 6.07) is 1.85. The Morgan fingerprint density at radius 3 is 3.00 bits per heavy atom. The van der Waals surface area contributed by atoms with E-state index < -0.39 is 0 Å². The van der Waals surface area contributed by atoms with Crippen molar-refractivity contribution in [2.45, 2.75) is 29.8 Å². The van der Waals surface area contributed by atoms with E-state index in [1.165, 1.54) is 0 Å². The molecule has 1 unspecified atom stereocenters. The van der Waals surface area contributed by atoms with E-state index in [-0.39, 0.29) is 15.6 Å². The highest BCUT2D eigenvalue weighted by molar-refractivity contribution is 9.10. The van der Waals surface area contributed by atoms with Crippen molar-refractivity contribution >= 4 is 33.3 Å². The highest BCUT2D eigenvalue weighted by Crippen LogP contribution is 2.56. The van der Waals surface area contributed by atoms with E-state index in [1.54, 1.807) is 4.52 Å². The van der Waals surface area contributed by atoms with Crippen molar-refractivity contribution in [1.82, 2.24) is 19.9 Å². The second kappa shape index (κ2) is 4.35. The number of aromatic amines is 1. The molecule has 0 aliphatic carbocycles. The number of fused-ring (bicyclic) bond motifs is 3. The Balaban J connectivity index is 2.02. The van der Waals surface area contributed by atoms with Crippen LogP contribution in [0, 0.1) is 0 Å². The Labute approximate surface area is 128 Å². The maximum atomic E-state index is 12.9. The SMILES string of the molecule is CC1SC2(CCNCC2)c2c1nc1cc(Br)[nH]n1c2=O. The van der Waals surface area contributed by atoms with E-state index >= 15 is 0 Å². The second-order valence-corrected chi connectivity index (χ2v) is 8.06. The zero-order valence-electron chi connectivity index (χ0n) is 11.1. The van der Waals surface area contributed by atoms with Gasteiger partial charge in [0.15, 0.2) is 5.65 Å². The number of piperidine rings is 1. The summed E-state index contributed by atoms with van der Waals surface area (Å²) in [5.41, 5.74) is 2.66. The number of halogens is 1. The molecular weight excluding hydrogens is 340 g/mol. The summed E-state index contributed by atoms with van der Waals surface area (Å²) in [4.78, 5) is 17.6. The average molecular weight is 355 g/mol. The van der Waals surface area contributed by atoms with Crippen molar-refractivity contribution in [1.29, 1.82) is 0 Å². The Kier molecular flexibility index (Phi) is 2.81. The van der Waals surface area contributed by atoms with Crippen molar-refractivity contribution < 1.29 is 0 Å². The van der Waals surface area contributed by atoms with E-state index in [0.29, 0.717) is 5.65 Å². The first-order chi connectivity index (χ1) is 9.61. The van der Waals surface area contributed by atoms with Crippen LogP contribution in [0.3, 0.4) is 0 Å². The number of rotatable bonds is 0. The van der Waals surface area contributed by atoms with Crippen molar-refractivity contribution in [3.8, 4) is 0 Å². The van der Waals surface area contributed by atoms with E-state index in [1.807, 2.05) is 17.8 Å². The Hall–Kier alpha value is -0.790. The maximum absolute atomic E-state index is 12.9. The first-order valence-electron chi connectivity index (χ1n) is 6.81. The summed E-state index contributed by atoms with van der Waals surface area (Å²) in [7, 11) is 0. The molecule has 7 heteroatoms. The zero-order valence-corrected chi connectivity index (χ0v) is 13.5. The smallest absolute Gasteiger partial charge is 0.277 e. The highest BCUT2D eigenvalue weighted by atomic mass is 79.9. The molecule has 4 rings (SSSR count). The van der Waals surface area contributed by atoms with Gasteiger partial charge in [-0.1, -0.05) is 0 Å². The predicted octanol–water partition coefficient (Wildman–Crippen LogP) is 2.17. The Morgan fingerprint density at radius 2 is 2.25 bits per heavy atom. The lowest BCUT2D eigenvalue weighted by Crippen LogP contribution is -2.40. The second-order valence-electron chi connectivity index (χ2n) is 5.48. The summed E-state index contributed by atoms with van der Waals surface area (Å²) in [6.45, 7) is 4.09. The van der Waals surface area contributed by atoms with Gasteiger partial charge in [0.05, 0.1) is 16.0 Å². The van der Waals surface area contributed by atoms with Crippen LogP contribution in [0.25, 0.3) is 5.65 Å². The topological polar surface area (TPSA) is 62.2 Å². The molecule has 0 saturated carbocycles. The number of nitrogens with zero attached hydrogens (tertiary/aromatic N) is 2. The summed E-state index contributed by atoms with van der Waals surface area (Å²) >= 11 is 5.29. The third-order valence-electron chi connectivity index (χ3n) is 4.27. The number of nitrogens with one attached hydrogen (secondary N) is 2. The zero-order chi connectivity index (χ0) is 13.9. The predicted molar refractivity (Wildman–Crippen MR) is 83.3 cm³/mol. The summed E-state index contributed by atoms with van der Waals surface area (Å²) < 4.78 is 2.29. The molecule has 0 aromatic carbocycles. The molecule has 106 valence electrons.